The van der Waals surface area contributed by atoms with Crippen LogP contribution in [0.15, 0.2) is 53.9 Å². The van der Waals surface area contributed by atoms with Crippen molar-refractivity contribution in [2.24, 2.45) is 0 Å². The molecule has 1 N–H and O–H groups in total. The molecule has 0 aliphatic carbocycles. The molecule has 0 bridgehead atoms. The first-order valence-corrected chi connectivity index (χ1v) is 10.2. The highest BCUT2D eigenvalue weighted by molar-refractivity contribution is 7.12. The molecule has 4 nitrogen and oxygen atoms in total. The summed E-state index contributed by atoms with van der Waals surface area (Å²) in [5, 5.41) is 4.92. The lowest BCUT2D eigenvalue weighted by Crippen LogP contribution is -2.35. The summed E-state index contributed by atoms with van der Waals surface area (Å²) >= 11 is 1.47. The lowest BCUT2D eigenvalue weighted by Gasteiger charge is -2.29. The van der Waals surface area contributed by atoms with Gasteiger partial charge in [-0.3, -0.25) is 9.59 Å². The van der Waals surface area contributed by atoms with Gasteiger partial charge in [0.1, 0.15) is 0 Å². The van der Waals surface area contributed by atoms with E-state index in [2.05, 4.69) is 17.4 Å². The number of nitrogens with one attached hydrogen (secondary N) is 1. The highest BCUT2D eigenvalue weighted by Gasteiger charge is 2.22. The van der Waals surface area contributed by atoms with Crippen molar-refractivity contribution in [2.45, 2.75) is 26.8 Å². The number of aryl methyl sites for hydroxylation is 2. The molecule has 1 aromatic heterocycles. The molecular weight excluding hydrogens is 368 g/mol. The molecule has 0 radical (unpaired) electrons. The molecule has 3 aromatic rings. The number of nitrogens with zero attached hydrogens (tertiary/aromatic N) is 1. The van der Waals surface area contributed by atoms with Crippen LogP contribution >= 0.6 is 11.3 Å². The summed E-state index contributed by atoms with van der Waals surface area (Å²) in [4.78, 5) is 27.9. The SMILES string of the molecule is Cc1cc(C)cc(C(=O)Nc2ccc3c(c2)CN(C(=O)c2cccs2)CC3)c1. The average molecular weight is 391 g/mol. The minimum Gasteiger partial charge on any atom is -0.333 e. The van der Waals surface area contributed by atoms with E-state index in [4.69, 9.17) is 0 Å². The van der Waals surface area contributed by atoms with E-state index in [9.17, 15) is 9.59 Å². The van der Waals surface area contributed by atoms with Crippen LogP contribution in [0.1, 0.15) is 42.3 Å². The summed E-state index contributed by atoms with van der Waals surface area (Å²) in [7, 11) is 0. The van der Waals surface area contributed by atoms with Crippen LogP contribution in [0.2, 0.25) is 0 Å². The van der Waals surface area contributed by atoms with E-state index in [1.807, 2.05) is 60.5 Å². The lowest BCUT2D eigenvalue weighted by molar-refractivity contribution is 0.0739. The van der Waals surface area contributed by atoms with Gasteiger partial charge in [-0.15, -0.1) is 11.3 Å². The molecule has 0 spiro atoms. The fourth-order valence-electron chi connectivity index (χ4n) is 3.67. The molecule has 1 aliphatic rings. The number of amides is 2. The fourth-order valence-corrected chi connectivity index (χ4v) is 4.36. The van der Waals surface area contributed by atoms with Crippen LogP contribution in [0.25, 0.3) is 0 Å². The van der Waals surface area contributed by atoms with Crippen LogP contribution in [0, 0.1) is 13.8 Å². The van der Waals surface area contributed by atoms with Gasteiger partial charge in [0.15, 0.2) is 0 Å². The van der Waals surface area contributed by atoms with Gasteiger partial charge in [-0.25, -0.2) is 0 Å². The Morgan fingerprint density at radius 1 is 1.00 bits per heavy atom. The van der Waals surface area contributed by atoms with Crippen molar-refractivity contribution < 1.29 is 9.59 Å². The first-order chi connectivity index (χ1) is 13.5. The summed E-state index contributed by atoms with van der Waals surface area (Å²) in [6, 6.07) is 15.6. The van der Waals surface area contributed by atoms with Gasteiger partial charge in [0, 0.05) is 24.3 Å². The van der Waals surface area contributed by atoms with Crippen molar-refractivity contribution in [2.75, 3.05) is 11.9 Å². The molecule has 0 fully saturated rings. The number of hydrogen-bond donors (Lipinski definition) is 1. The second kappa shape index (κ2) is 7.60. The maximum Gasteiger partial charge on any atom is 0.264 e. The van der Waals surface area contributed by atoms with Crippen molar-refractivity contribution in [1.29, 1.82) is 0 Å². The molecule has 2 aromatic carbocycles. The Morgan fingerprint density at radius 2 is 1.79 bits per heavy atom. The molecule has 5 heteroatoms. The number of rotatable bonds is 3. The van der Waals surface area contributed by atoms with E-state index < -0.39 is 0 Å². The molecule has 0 saturated heterocycles. The second-order valence-corrected chi connectivity index (χ2v) is 8.22. The fraction of sp³-hybridized carbons (Fsp3) is 0.217. The van der Waals surface area contributed by atoms with Gasteiger partial charge in [0.2, 0.25) is 0 Å². The summed E-state index contributed by atoms with van der Waals surface area (Å²) in [6.07, 6.45) is 0.831. The third-order valence-corrected chi connectivity index (χ3v) is 5.84. The zero-order chi connectivity index (χ0) is 19.7. The van der Waals surface area contributed by atoms with E-state index >= 15 is 0 Å². The van der Waals surface area contributed by atoms with Crippen LogP contribution in [-0.2, 0) is 13.0 Å². The Kier molecular flexibility index (Phi) is 5.01. The molecule has 2 amide bonds. The van der Waals surface area contributed by atoms with Gasteiger partial charge in [0.05, 0.1) is 4.88 Å². The zero-order valence-corrected chi connectivity index (χ0v) is 16.8. The Labute approximate surface area is 168 Å². The number of carbonyl (C=O) groups is 2. The summed E-state index contributed by atoms with van der Waals surface area (Å²) in [5.74, 6) is -0.0422. The molecular formula is C23H22N2O2S. The van der Waals surface area contributed by atoms with Crippen molar-refractivity contribution in [3.8, 4) is 0 Å². The molecule has 0 atom stereocenters. The van der Waals surface area contributed by atoms with Crippen molar-refractivity contribution in [3.05, 3.63) is 86.6 Å². The standard InChI is InChI=1S/C23H22N2O2S/c1-15-10-16(2)12-18(11-15)22(26)24-20-6-5-17-7-8-25(14-19(17)13-20)23(27)21-4-3-9-28-21/h3-6,9-13H,7-8,14H2,1-2H3,(H,24,26). The third kappa shape index (κ3) is 3.85. The lowest BCUT2D eigenvalue weighted by atomic mass is 9.98. The highest BCUT2D eigenvalue weighted by atomic mass is 32.1. The van der Waals surface area contributed by atoms with Crippen LogP contribution < -0.4 is 5.32 Å². The number of hydrogen-bond acceptors (Lipinski definition) is 3. The predicted molar refractivity (Wildman–Crippen MR) is 113 cm³/mol. The molecule has 1 aliphatic heterocycles. The second-order valence-electron chi connectivity index (χ2n) is 7.27. The zero-order valence-electron chi connectivity index (χ0n) is 16.0. The van der Waals surface area contributed by atoms with Crippen molar-refractivity contribution in [3.63, 3.8) is 0 Å². The molecule has 4 rings (SSSR count). The summed E-state index contributed by atoms with van der Waals surface area (Å²) in [6.45, 7) is 5.26. The summed E-state index contributed by atoms with van der Waals surface area (Å²) in [5.41, 5.74) is 5.88. The number of anilines is 1. The first kappa shape index (κ1) is 18.4. The number of thiophene rings is 1. The van der Waals surface area contributed by atoms with E-state index in [1.54, 1.807) is 0 Å². The average Bonchev–Trinajstić information content (AvgIpc) is 3.21. The number of benzene rings is 2. The van der Waals surface area contributed by atoms with Crippen LogP contribution in [-0.4, -0.2) is 23.3 Å². The van der Waals surface area contributed by atoms with Gasteiger partial charge in [-0.05, 0) is 67.1 Å². The van der Waals surface area contributed by atoms with E-state index in [0.29, 0.717) is 12.1 Å². The van der Waals surface area contributed by atoms with E-state index in [0.717, 1.165) is 40.2 Å². The number of carbonyl (C=O) groups excluding carboxylic acids is 2. The van der Waals surface area contributed by atoms with E-state index in [-0.39, 0.29) is 11.8 Å². The topological polar surface area (TPSA) is 49.4 Å². The molecule has 0 unspecified atom stereocenters. The highest BCUT2D eigenvalue weighted by Crippen LogP contribution is 2.25. The summed E-state index contributed by atoms with van der Waals surface area (Å²) < 4.78 is 0. The van der Waals surface area contributed by atoms with Gasteiger partial charge < -0.3 is 10.2 Å². The quantitative estimate of drug-likeness (QED) is 0.697. The van der Waals surface area contributed by atoms with Crippen molar-refractivity contribution in [1.82, 2.24) is 4.90 Å². The smallest absolute Gasteiger partial charge is 0.264 e. The molecule has 0 saturated carbocycles. The molecule has 2 heterocycles. The van der Waals surface area contributed by atoms with Gasteiger partial charge in [-0.1, -0.05) is 29.3 Å². The predicted octanol–water partition coefficient (Wildman–Crippen LogP) is 4.82. The Balaban J connectivity index is 1.51. The van der Waals surface area contributed by atoms with Crippen LogP contribution in [0.3, 0.4) is 0 Å². The molecule has 142 valence electrons. The Morgan fingerprint density at radius 3 is 2.50 bits per heavy atom. The van der Waals surface area contributed by atoms with Gasteiger partial charge >= 0.3 is 0 Å². The normalized spacial score (nSPS) is 13.1. The van der Waals surface area contributed by atoms with Crippen molar-refractivity contribution >= 4 is 28.8 Å². The minimum absolute atomic E-state index is 0.0744. The maximum atomic E-state index is 12.6. The first-order valence-electron chi connectivity index (χ1n) is 9.34. The number of fused-ring (bicyclic) bond motifs is 1. The monoisotopic (exact) mass is 390 g/mol. The Bertz CT molecular complexity index is 1020. The van der Waals surface area contributed by atoms with Gasteiger partial charge in [0.25, 0.3) is 11.8 Å². The Hall–Kier alpha value is -2.92. The third-order valence-electron chi connectivity index (χ3n) is 4.98. The minimum atomic E-state index is -0.117. The largest absolute Gasteiger partial charge is 0.333 e. The van der Waals surface area contributed by atoms with Gasteiger partial charge in [-0.2, -0.15) is 0 Å². The maximum absolute atomic E-state index is 12.6. The van der Waals surface area contributed by atoms with Crippen LogP contribution in [0.5, 0.6) is 0 Å². The molecule has 28 heavy (non-hydrogen) atoms. The van der Waals surface area contributed by atoms with Crippen LogP contribution in [0.4, 0.5) is 5.69 Å². The van der Waals surface area contributed by atoms with E-state index in [1.165, 1.54) is 16.9 Å².